The molecule has 6 heteroatoms. The minimum Gasteiger partial charge on any atom is -0.314 e. The molecule has 1 aromatic carbocycles. The first-order chi connectivity index (χ1) is 9.77. The van der Waals surface area contributed by atoms with Crippen LogP contribution < -0.4 is 5.32 Å². The summed E-state index contributed by atoms with van der Waals surface area (Å²) in [7, 11) is 0. The molecule has 0 saturated carbocycles. The van der Waals surface area contributed by atoms with Crippen molar-refractivity contribution >= 4 is 39.7 Å². The van der Waals surface area contributed by atoms with Crippen molar-refractivity contribution in [3.63, 3.8) is 0 Å². The Bertz CT molecular complexity index is 573. The van der Waals surface area contributed by atoms with Gasteiger partial charge in [-0.1, -0.05) is 18.2 Å². The summed E-state index contributed by atoms with van der Waals surface area (Å²) in [6.07, 6.45) is 0. The molecule has 1 saturated heterocycles. The van der Waals surface area contributed by atoms with Crippen molar-refractivity contribution in [2.45, 2.75) is 6.04 Å². The summed E-state index contributed by atoms with van der Waals surface area (Å²) in [5, 5.41) is 5.45. The molecular weight excluding hydrogens is 375 g/mol. The zero-order valence-electron chi connectivity index (χ0n) is 11.4. The molecule has 0 amide bonds. The molecule has 21 heavy (non-hydrogen) atoms. The van der Waals surface area contributed by atoms with Crippen LogP contribution in [0.25, 0.3) is 0 Å². The highest BCUT2D eigenvalue weighted by atomic mass is 79.9. The highest BCUT2D eigenvalue weighted by Crippen LogP contribution is 2.36. The average molecular weight is 392 g/mol. The second kappa shape index (κ2) is 7.70. The molecule has 3 rings (SSSR count). The minimum absolute atomic E-state index is 0. The van der Waals surface area contributed by atoms with E-state index in [0.29, 0.717) is 4.47 Å². The maximum atomic E-state index is 13.9. The number of rotatable bonds is 3. The summed E-state index contributed by atoms with van der Waals surface area (Å²) < 4.78 is 14.5. The molecule has 1 N–H and O–H groups in total. The van der Waals surface area contributed by atoms with E-state index >= 15 is 0 Å². The zero-order valence-corrected chi connectivity index (χ0v) is 14.6. The van der Waals surface area contributed by atoms with E-state index in [4.69, 9.17) is 0 Å². The van der Waals surface area contributed by atoms with Crippen LogP contribution in [0, 0.1) is 5.82 Å². The summed E-state index contributed by atoms with van der Waals surface area (Å²) >= 11 is 5.15. The van der Waals surface area contributed by atoms with Crippen LogP contribution in [0.3, 0.4) is 0 Å². The number of hydrogen-bond acceptors (Lipinski definition) is 3. The second-order valence-corrected chi connectivity index (χ2v) is 6.62. The van der Waals surface area contributed by atoms with Crippen LogP contribution in [-0.2, 0) is 0 Å². The van der Waals surface area contributed by atoms with Crippen molar-refractivity contribution in [2.24, 2.45) is 0 Å². The Balaban J connectivity index is 0.00000161. The predicted molar refractivity (Wildman–Crippen MR) is 92.0 cm³/mol. The smallest absolute Gasteiger partial charge is 0.137 e. The standard InChI is InChI=1S/C15H16BrFN2S.ClH/c16-14-11(3-1-4-12(14)17)15(13-5-2-10-20-13)19-8-6-18-7-9-19;/h1-5,10,15,18H,6-9H2;1H/t15-;/m1./s1. The normalized spacial score (nSPS) is 17.2. The maximum Gasteiger partial charge on any atom is 0.137 e. The molecule has 2 nitrogen and oxygen atoms in total. The van der Waals surface area contributed by atoms with Gasteiger partial charge in [-0.2, -0.15) is 0 Å². The van der Waals surface area contributed by atoms with E-state index in [0.717, 1.165) is 31.7 Å². The van der Waals surface area contributed by atoms with Crippen molar-refractivity contribution < 1.29 is 4.39 Å². The molecule has 1 aliphatic heterocycles. The fourth-order valence-corrected chi connectivity index (χ4v) is 4.01. The molecule has 2 aromatic rings. The molecule has 0 unspecified atom stereocenters. The van der Waals surface area contributed by atoms with Gasteiger partial charge in [0.15, 0.2) is 0 Å². The Morgan fingerprint density at radius 2 is 1.95 bits per heavy atom. The Kier molecular flexibility index (Phi) is 6.20. The van der Waals surface area contributed by atoms with Crippen molar-refractivity contribution in [1.29, 1.82) is 0 Å². The molecule has 1 atom stereocenters. The van der Waals surface area contributed by atoms with Crippen molar-refractivity contribution in [1.82, 2.24) is 10.2 Å². The Morgan fingerprint density at radius 1 is 1.19 bits per heavy atom. The van der Waals surface area contributed by atoms with Crippen molar-refractivity contribution in [3.05, 3.63) is 56.4 Å². The molecular formula is C15H17BrClFN2S. The quantitative estimate of drug-likeness (QED) is 0.848. The Hall–Kier alpha value is -0.460. The first-order valence-electron chi connectivity index (χ1n) is 6.69. The van der Waals surface area contributed by atoms with Crippen LogP contribution in [0.1, 0.15) is 16.5 Å². The van der Waals surface area contributed by atoms with Gasteiger partial charge in [-0.15, -0.1) is 23.7 Å². The molecule has 1 aliphatic rings. The fraction of sp³-hybridized carbons (Fsp3) is 0.333. The number of halogens is 3. The van der Waals surface area contributed by atoms with E-state index in [9.17, 15) is 4.39 Å². The van der Waals surface area contributed by atoms with Gasteiger partial charge in [0.25, 0.3) is 0 Å². The van der Waals surface area contributed by atoms with E-state index in [-0.39, 0.29) is 24.3 Å². The predicted octanol–water partition coefficient (Wildman–Crippen LogP) is 4.07. The third-order valence-corrected chi connectivity index (χ3v) is 5.37. The van der Waals surface area contributed by atoms with Gasteiger partial charge >= 0.3 is 0 Å². The van der Waals surface area contributed by atoms with E-state index in [2.05, 4.69) is 43.7 Å². The summed E-state index contributed by atoms with van der Waals surface area (Å²) in [4.78, 5) is 3.68. The number of hydrogen-bond donors (Lipinski definition) is 1. The second-order valence-electron chi connectivity index (χ2n) is 4.85. The van der Waals surface area contributed by atoms with Gasteiger partial charge in [-0.05, 0) is 39.0 Å². The number of nitrogens with zero attached hydrogens (tertiary/aromatic N) is 1. The van der Waals surface area contributed by atoms with Crippen LogP contribution in [0.2, 0.25) is 0 Å². The molecule has 0 radical (unpaired) electrons. The Labute approximate surface area is 142 Å². The van der Waals surface area contributed by atoms with Gasteiger partial charge in [0.1, 0.15) is 5.82 Å². The van der Waals surface area contributed by atoms with E-state index in [1.165, 1.54) is 10.9 Å². The summed E-state index contributed by atoms with van der Waals surface area (Å²) in [5.74, 6) is -0.195. The first-order valence-corrected chi connectivity index (χ1v) is 8.36. The minimum atomic E-state index is -0.195. The SMILES string of the molecule is Cl.Fc1cccc([C@H](c2cccs2)N2CCNCC2)c1Br. The first kappa shape index (κ1) is 16.9. The van der Waals surface area contributed by atoms with Gasteiger partial charge in [0.05, 0.1) is 10.5 Å². The summed E-state index contributed by atoms with van der Waals surface area (Å²) in [5.41, 5.74) is 1.01. The maximum absolute atomic E-state index is 13.9. The van der Waals surface area contributed by atoms with Crippen molar-refractivity contribution in [3.8, 4) is 0 Å². The van der Waals surface area contributed by atoms with Gasteiger partial charge in [0, 0.05) is 31.1 Å². The molecule has 2 heterocycles. The van der Waals surface area contributed by atoms with Gasteiger partial charge in [-0.25, -0.2) is 4.39 Å². The lowest BCUT2D eigenvalue weighted by atomic mass is 10.0. The van der Waals surface area contributed by atoms with E-state index in [1.807, 2.05) is 6.07 Å². The summed E-state index contributed by atoms with van der Waals surface area (Å²) in [6, 6.07) is 9.62. The lowest BCUT2D eigenvalue weighted by Gasteiger charge is -2.35. The molecule has 1 fully saturated rings. The number of piperazine rings is 1. The van der Waals surface area contributed by atoms with Crippen LogP contribution in [-0.4, -0.2) is 31.1 Å². The monoisotopic (exact) mass is 390 g/mol. The largest absolute Gasteiger partial charge is 0.314 e. The molecule has 0 bridgehead atoms. The lowest BCUT2D eigenvalue weighted by Crippen LogP contribution is -2.45. The van der Waals surface area contributed by atoms with Crippen molar-refractivity contribution in [2.75, 3.05) is 26.2 Å². The number of thiophene rings is 1. The van der Waals surface area contributed by atoms with E-state index < -0.39 is 0 Å². The van der Waals surface area contributed by atoms with Crippen LogP contribution >= 0.6 is 39.7 Å². The molecule has 114 valence electrons. The average Bonchev–Trinajstić information content (AvgIpc) is 2.99. The molecule has 0 spiro atoms. The lowest BCUT2D eigenvalue weighted by molar-refractivity contribution is 0.200. The number of nitrogens with one attached hydrogen (secondary N) is 1. The van der Waals surface area contributed by atoms with Crippen LogP contribution in [0.4, 0.5) is 4.39 Å². The highest BCUT2D eigenvalue weighted by Gasteiger charge is 2.27. The zero-order chi connectivity index (χ0) is 13.9. The van der Waals surface area contributed by atoms with E-state index in [1.54, 1.807) is 17.4 Å². The highest BCUT2D eigenvalue weighted by molar-refractivity contribution is 9.10. The van der Waals surface area contributed by atoms with Crippen LogP contribution in [0.15, 0.2) is 40.2 Å². The topological polar surface area (TPSA) is 15.3 Å². The summed E-state index contributed by atoms with van der Waals surface area (Å²) in [6.45, 7) is 3.92. The molecule has 1 aromatic heterocycles. The van der Waals surface area contributed by atoms with Gasteiger partial charge in [0.2, 0.25) is 0 Å². The molecule has 0 aliphatic carbocycles. The third-order valence-electron chi connectivity index (χ3n) is 3.61. The fourth-order valence-electron chi connectivity index (χ4n) is 2.65. The van der Waals surface area contributed by atoms with Gasteiger partial charge < -0.3 is 5.32 Å². The third kappa shape index (κ3) is 3.66. The van der Waals surface area contributed by atoms with Gasteiger partial charge in [-0.3, -0.25) is 4.90 Å². The number of benzene rings is 1. The Morgan fingerprint density at radius 3 is 2.62 bits per heavy atom. The van der Waals surface area contributed by atoms with Crippen LogP contribution in [0.5, 0.6) is 0 Å².